The minimum absolute atomic E-state index is 0.502. The number of ether oxygens (including phenoxy) is 2. The van der Waals surface area contributed by atoms with Gasteiger partial charge in [0.1, 0.15) is 0 Å². The van der Waals surface area contributed by atoms with Gasteiger partial charge in [-0.2, -0.15) is 0 Å². The Kier molecular flexibility index (Phi) is 11.8. The lowest BCUT2D eigenvalue weighted by Crippen LogP contribution is -2.52. The summed E-state index contributed by atoms with van der Waals surface area (Å²) in [5.74, 6) is 1.48. The van der Waals surface area contributed by atoms with Crippen LogP contribution in [0.4, 0.5) is 0 Å². The fraction of sp³-hybridized carbons (Fsp3) is 0.944. The zero-order chi connectivity index (χ0) is 18.5. The maximum Gasteiger partial charge on any atom is 0.191 e. The Morgan fingerprint density at radius 2 is 1.96 bits per heavy atom. The van der Waals surface area contributed by atoms with E-state index in [0.29, 0.717) is 12.0 Å². The Balaban J connectivity index is 2.27. The first-order valence-electron chi connectivity index (χ1n) is 9.52. The molecule has 0 radical (unpaired) electrons. The molecule has 0 aliphatic carbocycles. The second-order valence-corrected chi connectivity index (χ2v) is 6.99. The fourth-order valence-electron chi connectivity index (χ4n) is 3.03. The van der Waals surface area contributed by atoms with Crippen molar-refractivity contribution < 1.29 is 9.47 Å². The van der Waals surface area contributed by atoms with Gasteiger partial charge in [-0.3, -0.25) is 9.89 Å². The number of likely N-dealkylation sites (N-methyl/N-ethyl adjacent to an activating group) is 1. The molecule has 0 amide bonds. The van der Waals surface area contributed by atoms with Crippen molar-refractivity contribution in [3.8, 4) is 0 Å². The molecule has 1 saturated heterocycles. The molecule has 1 atom stereocenters. The van der Waals surface area contributed by atoms with Crippen LogP contribution < -0.4 is 10.6 Å². The second kappa shape index (κ2) is 13.3. The van der Waals surface area contributed by atoms with Crippen molar-refractivity contribution in [3.05, 3.63) is 0 Å². The first kappa shape index (κ1) is 22.2. The van der Waals surface area contributed by atoms with Gasteiger partial charge in [-0.1, -0.05) is 13.8 Å². The van der Waals surface area contributed by atoms with E-state index in [2.05, 4.69) is 46.3 Å². The summed E-state index contributed by atoms with van der Waals surface area (Å²) in [7, 11) is 5.70. The number of guanidine groups is 1. The molecule has 1 unspecified atom stereocenters. The summed E-state index contributed by atoms with van der Waals surface area (Å²) in [6.45, 7) is 12.9. The Morgan fingerprint density at radius 1 is 1.24 bits per heavy atom. The molecule has 0 aromatic carbocycles. The molecule has 1 aliphatic rings. The molecule has 7 heteroatoms. The van der Waals surface area contributed by atoms with Crippen LogP contribution >= 0.6 is 0 Å². The SMILES string of the molecule is CN=C(NCCCN(C)CCOC)NCC(C(C)C)N1CCOCC1. The lowest BCUT2D eigenvalue weighted by Gasteiger charge is -2.37. The summed E-state index contributed by atoms with van der Waals surface area (Å²) in [5, 5.41) is 6.91. The third-order valence-electron chi connectivity index (χ3n) is 4.67. The molecule has 148 valence electrons. The van der Waals surface area contributed by atoms with Crippen LogP contribution in [-0.2, 0) is 9.47 Å². The lowest BCUT2D eigenvalue weighted by molar-refractivity contribution is 0.00752. The first-order valence-corrected chi connectivity index (χ1v) is 9.52. The summed E-state index contributed by atoms with van der Waals surface area (Å²) in [4.78, 5) is 9.16. The third-order valence-corrected chi connectivity index (χ3v) is 4.67. The Morgan fingerprint density at radius 3 is 2.56 bits per heavy atom. The summed E-state index contributed by atoms with van der Waals surface area (Å²) >= 11 is 0. The molecular weight excluding hydrogens is 318 g/mol. The molecule has 25 heavy (non-hydrogen) atoms. The monoisotopic (exact) mass is 357 g/mol. The average molecular weight is 358 g/mol. The number of hydrogen-bond donors (Lipinski definition) is 2. The lowest BCUT2D eigenvalue weighted by atomic mass is 10.0. The average Bonchev–Trinajstić information content (AvgIpc) is 2.62. The van der Waals surface area contributed by atoms with Gasteiger partial charge in [0.25, 0.3) is 0 Å². The molecule has 1 fully saturated rings. The molecular formula is C18H39N5O2. The van der Waals surface area contributed by atoms with E-state index in [1.54, 1.807) is 7.11 Å². The number of hydrogen-bond acceptors (Lipinski definition) is 5. The van der Waals surface area contributed by atoms with Gasteiger partial charge in [-0.15, -0.1) is 0 Å². The molecule has 0 aromatic heterocycles. The smallest absolute Gasteiger partial charge is 0.191 e. The predicted octanol–water partition coefficient (Wildman–Crippen LogP) is 0.477. The van der Waals surface area contributed by atoms with Crippen LogP contribution in [0.2, 0.25) is 0 Å². The maximum absolute atomic E-state index is 5.48. The molecule has 0 spiro atoms. The van der Waals surface area contributed by atoms with Gasteiger partial charge < -0.3 is 25.0 Å². The van der Waals surface area contributed by atoms with E-state index >= 15 is 0 Å². The van der Waals surface area contributed by atoms with Crippen LogP contribution in [0, 0.1) is 5.92 Å². The number of nitrogens with zero attached hydrogens (tertiary/aromatic N) is 3. The summed E-state index contributed by atoms with van der Waals surface area (Å²) in [6, 6.07) is 0.502. The highest BCUT2D eigenvalue weighted by atomic mass is 16.5. The zero-order valence-corrected chi connectivity index (χ0v) is 16.9. The van der Waals surface area contributed by atoms with Crippen molar-refractivity contribution in [2.24, 2.45) is 10.9 Å². The van der Waals surface area contributed by atoms with Crippen molar-refractivity contribution in [1.82, 2.24) is 20.4 Å². The minimum Gasteiger partial charge on any atom is -0.383 e. The number of aliphatic imine (C=N–C) groups is 1. The summed E-state index contributed by atoms with van der Waals surface area (Å²) in [5.41, 5.74) is 0. The Bertz CT molecular complexity index is 359. The molecule has 1 aliphatic heterocycles. The van der Waals surface area contributed by atoms with Crippen LogP contribution in [0.3, 0.4) is 0 Å². The molecule has 7 nitrogen and oxygen atoms in total. The van der Waals surface area contributed by atoms with Gasteiger partial charge in [0.2, 0.25) is 0 Å². The number of nitrogens with one attached hydrogen (secondary N) is 2. The van der Waals surface area contributed by atoms with Crippen molar-refractivity contribution in [2.75, 3.05) is 80.3 Å². The van der Waals surface area contributed by atoms with E-state index in [4.69, 9.17) is 9.47 Å². The van der Waals surface area contributed by atoms with Crippen LogP contribution in [0.15, 0.2) is 4.99 Å². The van der Waals surface area contributed by atoms with E-state index in [9.17, 15) is 0 Å². The van der Waals surface area contributed by atoms with Crippen LogP contribution in [0.25, 0.3) is 0 Å². The van der Waals surface area contributed by atoms with Gasteiger partial charge in [0.05, 0.1) is 19.8 Å². The molecule has 2 N–H and O–H groups in total. The van der Waals surface area contributed by atoms with Crippen molar-refractivity contribution in [3.63, 3.8) is 0 Å². The van der Waals surface area contributed by atoms with E-state index in [0.717, 1.165) is 71.5 Å². The van der Waals surface area contributed by atoms with E-state index in [1.165, 1.54) is 0 Å². The van der Waals surface area contributed by atoms with Gasteiger partial charge in [-0.05, 0) is 25.9 Å². The fourth-order valence-corrected chi connectivity index (χ4v) is 3.03. The minimum atomic E-state index is 0.502. The quantitative estimate of drug-likeness (QED) is 0.319. The van der Waals surface area contributed by atoms with Crippen molar-refractivity contribution in [2.45, 2.75) is 26.3 Å². The summed E-state index contributed by atoms with van der Waals surface area (Å²) in [6.07, 6.45) is 1.08. The zero-order valence-electron chi connectivity index (χ0n) is 16.9. The highest BCUT2D eigenvalue weighted by Gasteiger charge is 2.23. The molecule has 0 aromatic rings. The number of morpholine rings is 1. The highest BCUT2D eigenvalue weighted by Crippen LogP contribution is 2.12. The number of methoxy groups -OCH3 is 1. The maximum atomic E-state index is 5.48. The first-order chi connectivity index (χ1) is 12.1. The number of rotatable bonds is 11. The van der Waals surface area contributed by atoms with Gasteiger partial charge >= 0.3 is 0 Å². The second-order valence-electron chi connectivity index (χ2n) is 6.99. The predicted molar refractivity (Wildman–Crippen MR) is 104 cm³/mol. The van der Waals surface area contributed by atoms with Gasteiger partial charge in [-0.25, -0.2) is 0 Å². The summed E-state index contributed by atoms with van der Waals surface area (Å²) < 4.78 is 10.6. The topological polar surface area (TPSA) is 61.4 Å². The van der Waals surface area contributed by atoms with Gasteiger partial charge in [0, 0.05) is 52.9 Å². The van der Waals surface area contributed by atoms with E-state index in [1.807, 2.05) is 7.05 Å². The van der Waals surface area contributed by atoms with Crippen LogP contribution in [-0.4, -0.2) is 102 Å². The van der Waals surface area contributed by atoms with E-state index in [-0.39, 0.29) is 0 Å². The van der Waals surface area contributed by atoms with Crippen LogP contribution in [0.1, 0.15) is 20.3 Å². The van der Waals surface area contributed by atoms with Gasteiger partial charge in [0.15, 0.2) is 5.96 Å². The largest absolute Gasteiger partial charge is 0.383 e. The highest BCUT2D eigenvalue weighted by molar-refractivity contribution is 5.79. The Labute approximate surface area is 154 Å². The molecule has 0 bridgehead atoms. The third kappa shape index (κ3) is 9.39. The molecule has 1 heterocycles. The van der Waals surface area contributed by atoms with Crippen molar-refractivity contribution in [1.29, 1.82) is 0 Å². The van der Waals surface area contributed by atoms with E-state index < -0.39 is 0 Å². The molecule has 0 saturated carbocycles. The normalized spacial score (nSPS) is 18.0. The molecule has 1 rings (SSSR count). The van der Waals surface area contributed by atoms with Crippen LogP contribution in [0.5, 0.6) is 0 Å². The standard InChI is InChI=1S/C18H39N5O2/c1-16(2)17(23-10-13-25-14-11-23)15-21-18(19-3)20-7-6-8-22(4)9-12-24-5/h16-17H,6-15H2,1-5H3,(H2,19,20,21). The van der Waals surface area contributed by atoms with Crippen molar-refractivity contribution >= 4 is 5.96 Å². The Hall–Kier alpha value is -0.890.